The minimum atomic E-state index is -3.26. The van der Waals surface area contributed by atoms with Crippen LogP contribution in [0.1, 0.15) is 18.9 Å². The van der Waals surface area contributed by atoms with Crippen molar-refractivity contribution in [3.63, 3.8) is 0 Å². The molecule has 0 aromatic heterocycles. The van der Waals surface area contributed by atoms with Gasteiger partial charge in [-0.15, -0.1) is 0 Å². The molecule has 112 valence electrons. The highest BCUT2D eigenvalue weighted by atomic mass is 32.2. The van der Waals surface area contributed by atoms with Gasteiger partial charge < -0.3 is 10.1 Å². The molecule has 6 heteroatoms. The van der Waals surface area contributed by atoms with Crippen LogP contribution in [-0.2, 0) is 14.8 Å². The van der Waals surface area contributed by atoms with Crippen LogP contribution >= 0.6 is 0 Å². The van der Waals surface area contributed by atoms with Crippen molar-refractivity contribution in [1.82, 2.24) is 0 Å². The van der Waals surface area contributed by atoms with Crippen molar-refractivity contribution < 1.29 is 13.2 Å². The monoisotopic (exact) mass is 298 g/mol. The van der Waals surface area contributed by atoms with Crippen LogP contribution in [0.2, 0.25) is 0 Å². The Bertz CT molecular complexity index is 572. The third-order valence-electron chi connectivity index (χ3n) is 3.53. The Kier molecular flexibility index (Phi) is 4.55. The smallest absolute Gasteiger partial charge is 0.229 e. The van der Waals surface area contributed by atoms with Gasteiger partial charge >= 0.3 is 0 Å². The summed E-state index contributed by atoms with van der Waals surface area (Å²) in [5, 5.41) is 3.47. The summed E-state index contributed by atoms with van der Waals surface area (Å²) in [5.41, 5.74) is 2.46. The lowest BCUT2D eigenvalue weighted by molar-refractivity contribution is 0.0538. The Morgan fingerprint density at radius 3 is 2.75 bits per heavy atom. The van der Waals surface area contributed by atoms with Gasteiger partial charge in [-0.2, -0.15) is 0 Å². The van der Waals surface area contributed by atoms with Gasteiger partial charge in [0.25, 0.3) is 0 Å². The lowest BCUT2D eigenvalue weighted by Crippen LogP contribution is -2.35. The molecule has 1 aromatic carbocycles. The SMILES string of the molecule is Cc1ccc(N[C@H]2CCOC[C@@H]2C)cc1NS(C)(=O)=O. The maximum Gasteiger partial charge on any atom is 0.229 e. The van der Waals surface area contributed by atoms with E-state index >= 15 is 0 Å². The third kappa shape index (κ3) is 4.11. The molecule has 1 aromatic rings. The van der Waals surface area contributed by atoms with Crippen LogP contribution in [0.4, 0.5) is 11.4 Å². The lowest BCUT2D eigenvalue weighted by Gasteiger charge is -2.30. The van der Waals surface area contributed by atoms with Crippen LogP contribution in [0.5, 0.6) is 0 Å². The molecule has 0 unspecified atom stereocenters. The third-order valence-corrected chi connectivity index (χ3v) is 4.12. The topological polar surface area (TPSA) is 67.4 Å². The molecule has 0 amide bonds. The minimum Gasteiger partial charge on any atom is -0.382 e. The molecule has 5 nitrogen and oxygen atoms in total. The standard InChI is InChI=1S/C14H22N2O3S/c1-10-4-5-12(8-14(10)16-20(3,17)18)15-13-6-7-19-9-11(13)2/h4-5,8,11,13,15-16H,6-7,9H2,1-3H3/t11-,13-/m0/s1. The summed E-state index contributed by atoms with van der Waals surface area (Å²) in [4.78, 5) is 0. The molecule has 1 aliphatic heterocycles. The Balaban J connectivity index is 2.14. The van der Waals surface area contributed by atoms with Crippen molar-refractivity contribution in [2.24, 2.45) is 5.92 Å². The van der Waals surface area contributed by atoms with E-state index < -0.39 is 10.0 Å². The van der Waals surface area contributed by atoms with Crippen LogP contribution in [-0.4, -0.2) is 33.9 Å². The fraction of sp³-hybridized carbons (Fsp3) is 0.571. The highest BCUT2D eigenvalue weighted by molar-refractivity contribution is 7.92. The molecular formula is C14H22N2O3S. The minimum absolute atomic E-state index is 0.359. The Morgan fingerprint density at radius 1 is 1.35 bits per heavy atom. The van der Waals surface area contributed by atoms with E-state index in [0.717, 1.165) is 37.1 Å². The van der Waals surface area contributed by atoms with Crippen molar-refractivity contribution in [2.75, 3.05) is 29.5 Å². The normalized spacial score (nSPS) is 23.4. The predicted octanol–water partition coefficient (Wildman–Crippen LogP) is 2.20. The van der Waals surface area contributed by atoms with E-state index in [1.54, 1.807) is 0 Å². The lowest BCUT2D eigenvalue weighted by atomic mass is 9.97. The largest absolute Gasteiger partial charge is 0.382 e. The number of aryl methyl sites for hydroxylation is 1. The number of ether oxygens (including phenoxy) is 1. The number of hydrogen-bond donors (Lipinski definition) is 2. The van der Waals surface area contributed by atoms with E-state index in [2.05, 4.69) is 17.0 Å². The molecule has 1 fully saturated rings. The Morgan fingerprint density at radius 2 is 2.10 bits per heavy atom. The van der Waals surface area contributed by atoms with Gasteiger partial charge in [0.15, 0.2) is 0 Å². The zero-order valence-corrected chi connectivity index (χ0v) is 13.0. The average Bonchev–Trinajstić information content (AvgIpc) is 2.34. The number of anilines is 2. The summed E-state index contributed by atoms with van der Waals surface area (Å²) in [7, 11) is -3.26. The Hall–Kier alpha value is -1.27. The van der Waals surface area contributed by atoms with Crippen molar-refractivity contribution in [2.45, 2.75) is 26.3 Å². The van der Waals surface area contributed by atoms with Gasteiger partial charge in [0, 0.05) is 18.3 Å². The number of rotatable bonds is 4. The number of sulfonamides is 1. The molecule has 2 rings (SSSR count). The first-order valence-electron chi connectivity index (χ1n) is 6.78. The second kappa shape index (κ2) is 6.01. The molecule has 0 radical (unpaired) electrons. The molecule has 2 atom stereocenters. The van der Waals surface area contributed by atoms with Crippen molar-refractivity contribution >= 4 is 21.4 Å². The first-order chi connectivity index (χ1) is 9.35. The summed E-state index contributed by atoms with van der Waals surface area (Å²) in [6.07, 6.45) is 2.12. The summed E-state index contributed by atoms with van der Waals surface area (Å²) in [6, 6.07) is 6.10. The van der Waals surface area contributed by atoms with Gasteiger partial charge in [0.05, 0.1) is 18.6 Å². The van der Waals surface area contributed by atoms with Crippen molar-refractivity contribution in [3.05, 3.63) is 23.8 Å². The molecule has 0 bridgehead atoms. The van der Waals surface area contributed by atoms with Gasteiger partial charge in [0.1, 0.15) is 0 Å². The summed E-state index contributed by atoms with van der Waals surface area (Å²) in [5.74, 6) is 0.441. The number of benzene rings is 1. The van der Waals surface area contributed by atoms with E-state index in [0.29, 0.717) is 17.6 Å². The average molecular weight is 298 g/mol. The molecule has 1 aliphatic rings. The van der Waals surface area contributed by atoms with Crippen molar-refractivity contribution in [1.29, 1.82) is 0 Å². The molecule has 0 saturated carbocycles. The maximum atomic E-state index is 11.4. The molecule has 1 heterocycles. The Labute approximate surface area is 120 Å². The second-order valence-electron chi connectivity index (χ2n) is 5.50. The number of nitrogens with one attached hydrogen (secondary N) is 2. The predicted molar refractivity (Wildman–Crippen MR) is 81.7 cm³/mol. The first kappa shape index (κ1) is 15.1. The highest BCUT2D eigenvalue weighted by Gasteiger charge is 2.21. The zero-order chi connectivity index (χ0) is 14.8. The van der Waals surface area contributed by atoms with Crippen LogP contribution < -0.4 is 10.0 Å². The molecule has 0 spiro atoms. The summed E-state index contributed by atoms with van der Waals surface area (Å²) >= 11 is 0. The maximum absolute atomic E-state index is 11.4. The molecule has 20 heavy (non-hydrogen) atoms. The fourth-order valence-corrected chi connectivity index (χ4v) is 2.95. The summed E-state index contributed by atoms with van der Waals surface area (Å²) in [6.45, 7) is 5.56. The van der Waals surface area contributed by atoms with Crippen molar-refractivity contribution in [3.8, 4) is 0 Å². The second-order valence-corrected chi connectivity index (χ2v) is 7.24. The van der Waals surface area contributed by atoms with Gasteiger partial charge in [-0.25, -0.2) is 8.42 Å². The van der Waals surface area contributed by atoms with E-state index in [1.807, 2.05) is 25.1 Å². The van der Waals surface area contributed by atoms with E-state index in [9.17, 15) is 8.42 Å². The quantitative estimate of drug-likeness (QED) is 0.894. The van der Waals surface area contributed by atoms with Crippen LogP contribution in [0.3, 0.4) is 0 Å². The van der Waals surface area contributed by atoms with Gasteiger partial charge in [-0.05, 0) is 37.0 Å². The van der Waals surface area contributed by atoms with Crippen LogP contribution in [0.15, 0.2) is 18.2 Å². The van der Waals surface area contributed by atoms with Gasteiger partial charge in [-0.1, -0.05) is 13.0 Å². The summed E-state index contributed by atoms with van der Waals surface area (Å²) < 4.78 is 30.7. The first-order valence-corrected chi connectivity index (χ1v) is 8.67. The molecule has 1 saturated heterocycles. The number of hydrogen-bond acceptors (Lipinski definition) is 4. The highest BCUT2D eigenvalue weighted by Crippen LogP contribution is 2.24. The fourth-order valence-electron chi connectivity index (χ4n) is 2.33. The van der Waals surface area contributed by atoms with Gasteiger partial charge in [-0.3, -0.25) is 4.72 Å². The molecule has 2 N–H and O–H groups in total. The van der Waals surface area contributed by atoms with Crippen LogP contribution in [0.25, 0.3) is 0 Å². The van der Waals surface area contributed by atoms with Gasteiger partial charge in [0.2, 0.25) is 10.0 Å². The molecule has 0 aliphatic carbocycles. The van der Waals surface area contributed by atoms with E-state index in [4.69, 9.17) is 4.74 Å². The van der Waals surface area contributed by atoms with E-state index in [1.165, 1.54) is 0 Å². The van der Waals surface area contributed by atoms with Crippen LogP contribution in [0, 0.1) is 12.8 Å². The van der Waals surface area contributed by atoms with E-state index in [-0.39, 0.29) is 0 Å². The molecular weight excluding hydrogens is 276 g/mol. The zero-order valence-electron chi connectivity index (χ0n) is 12.1.